The molecule has 8 nitrogen and oxygen atoms in total. The summed E-state index contributed by atoms with van der Waals surface area (Å²) in [5.74, 6) is 2.75. The van der Waals surface area contributed by atoms with Gasteiger partial charge in [0.2, 0.25) is 0 Å². The molecule has 0 fully saturated rings. The number of nitrogens with one attached hydrogen (secondary N) is 1. The van der Waals surface area contributed by atoms with Gasteiger partial charge in [0, 0.05) is 64.5 Å². The van der Waals surface area contributed by atoms with Gasteiger partial charge in [-0.05, 0) is 211 Å². The van der Waals surface area contributed by atoms with Gasteiger partial charge in [-0.1, -0.05) is 129 Å². The van der Waals surface area contributed by atoms with E-state index < -0.39 is 5.82 Å². The number of nitrogens with zero attached hydrogens (tertiary/aromatic N) is 4. The zero-order chi connectivity index (χ0) is 65.9. The number of imidazole rings is 1. The lowest BCUT2D eigenvalue weighted by atomic mass is 10.1. The van der Waals surface area contributed by atoms with E-state index in [0.29, 0.717) is 11.7 Å². The first-order valence-corrected chi connectivity index (χ1v) is 33.0. The van der Waals surface area contributed by atoms with E-state index in [-0.39, 0.29) is 15.9 Å². The number of hydrogen-bond donors (Lipinski definition) is 1. The van der Waals surface area contributed by atoms with Crippen molar-refractivity contribution < 1.29 is 22.4 Å². The Balaban J connectivity index is 0.000000124. The van der Waals surface area contributed by atoms with Crippen LogP contribution in [0.5, 0.6) is 5.75 Å². The van der Waals surface area contributed by atoms with Crippen LogP contribution >= 0.6 is 115 Å². The third kappa shape index (κ3) is 19.5. The molecule has 1 aliphatic rings. The summed E-state index contributed by atoms with van der Waals surface area (Å²) < 4.78 is 43.9. The van der Waals surface area contributed by atoms with Gasteiger partial charge in [0.1, 0.15) is 52.0 Å². The van der Waals surface area contributed by atoms with Crippen molar-refractivity contribution in [1.82, 2.24) is 24.9 Å². The maximum Gasteiger partial charge on any atom is 0.145 e. The van der Waals surface area contributed by atoms with Gasteiger partial charge in [-0.15, -0.1) is 22.7 Å². The van der Waals surface area contributed by atoms with Crippen molar-refractivity contribution in [2.24, 2.45) is 0 Å². The fraction of sp³-hybridized carbons (Fsp3) is 0.139. The summed E-state index contributed by atoms with van der Waals surface area (Å²) in [4.78, 5) is 20.2. The Morgan fingerprint density at radius 3 is 1.67 bits per heavy atom. The molecule has 0 saturated carbocycles. The third-order valence-corrected chi connectivity index (χ3v) is 17.3. The van der Waals surface area contributed by atoms with Gasteiger partial charge in [-0.3, -0.25) is 4.98 Å². The van der Waals surface area contributed by atoms with Crippen LogP contribution in [0.1, 0.15) is 51.1 Å². The fourth-order valence-corrected chi connectivity index (χ4v) is 12.4. The van der Waals surface area contributed by atoms with E-state index in [4.69, 9.17) is 106 Å². The molecule has 92 heavy (non-hydrogen) atoms. The summed E-state index contributed by atoms with van der Waals surface area (Å²) in [6.07, 6.45) is 1.29. The van der Waals surface area contributed by atoms with Crippen molar-refractivity contribution in [3.05, 3.63) is 272 Å². The fourth-order valence-electron chi connectivity index (χ4n) is 9.40. The van der Waals surface area contributed by atoms with E-state index in [9.17, 15) is 8.78 Å². The number of H-pyrrole nitrogens is 1. The van der Waals surface area contributed by atoms with Crippen LogP contribution in [0.2, 0.25) is 40.2 Å². The number of halogens is 10. The first kappa shape index (κ1) is 69.3. The molecule has 0 radical (unpaired) electrons. The smallest absolute Gasteiger partial charge is 0.145 e. The van der Waals surface area contributed by atoms with Gasteiger partial charge in [-0.2, -0.15) is 0 Å². The highest BCUT2D eigenvalue weighted by molar-refractivity contribution is 7.18. The Morgan fingerprint density at radius 2 is 0.946 bits per heavy atom. The molecular formula is C72H57Cl8F2N5O3S2. The zero-order valence-electron chi connectivity index (χ0n) is 50.6. The summed E-state index contributed by atoms with van der Waals surface area (Å²) in [6.45, 7) is 15.7. The molecule has 0 saturated heterocycles. The molecule has 16 rings (SSSR count). The quantitative estimate of drug-likeness (QED) is 0.161. The summed E-state index contributed by atoms with van der Waals surface area (Å²) in [7, 11) is 0. The number of aromatic amines is 1. The molecule has 0 spiro atoms. The van der Waals surface area contributed by atoms with E-state index >= 15 is 0 Å². The van der Waals surface area contributed by atoms with Gasteiger partial charge in [0.15, 0.2) is 0 Å². The van der Waals surface area contributed by atoms with Gasteiger partial charge < -0.3 is 18.6 Å². The van der Waals surface area contributed by atoms with E-state index in [2.05, 4.69) is 57.0 Å². The van der Waals surface area contributed by atoms with Crippen molar-refractivity contribution >= 4 is 191 Å². The molecule has 1 aliphatic heterocycles. The molecule has 1 atom stereocenters. The van der Waals surface area contributed by atoms with Gasteiger partial charge >= 0.3 is 0 Å². The van der Waals surface area contributed by atoms with E-state index in [0.717, 1.165) is 129 Å². The Labute approximate surface area is 578 Å². The predicted molar refractivity (Wildman–Crippen MR) is 387 cm³/mol. The first-order chi connectivity index (χ1) is 43.9. The Kier molecular flexibility index (Phi) is 23.9. The van der Waals surface area contributed by atoms with E-state index in [1.165, 1.54) is 50.1 Å². The van der Waals surface area contributed by atoms with Crippen LogP contribution in [0.25, 0.3) is 75.1 Å². The minimum Gasteiger partial charge on any atom is -0.490 e. The molecule has 7 heterocycles. The molecule has 20 heteroatoms. The number of aryl methyl sites for hydroxylation is 7. The lowest BCUT2D eigenvalue weighted by Gasteiger charge is -2.00. The van der Waals surface area contributed by atoms with Crippen molar-refractivity contribution in [1.29, 1.82) is 0 Å². The van der Waals surface area contributed by atoms with Gasteiger partial charge in [0.25, 0.3) is 0 Å². The van der Waals surface area contributed by atoms with Gasteiger partial charge in [-0.25, -0.2) is 23.7 Å². The SMILES string of the molecule is CC1Cc2cc(Cl)ccc2O1.Cc1cc2cc(Cl)c(F)cc2o1.Cc1cc2cc(Cl)ccc2o1.Cc1ccc2cc(Cl)ccc2c1.Cc1ccc2cc(Cl)ccc2n1.Cc1nc2cc(Cl)c(F)cc2s1.Cc1nc2cc(Cl)ccc2s1.Cc1nc2ccc(Cl)cc2[nH]1. The number of hydrogen-bond acceptors (Lipinski definition) is 9. The van der Waals surface area contributed by atoms with Crippen LogP contribution in [0.15, 0.2) is 185 Å². The molecule has 0 amide bonds. The number of fused-ring (bicyclic) bond motifs is 8. The lowest BCUT2D eigenvalue weighted by Crippen LogP contribution is -2.05. The maximum absolute atomic E-state index is 12.9. The standard InChI is InChI=1S/C11H9Cl.C10H8ClN.C9H6ClFO.C9H9ClO.C9H7ClO.C8H5ClFNS.C8H7ClN2.C8H6ClNS/c1-8-2-3-10-7-11(12)5-4-9(10)6-8;1-7-2-3-8-6-9(11)4-5-10(8)12-7;1-5-2-6-3-7(10)8(11)4-9(6)12-5;2*1-6-4-7-5-8(10)2-3-9(7)11-6;1-4-11-7-2-5(9)6(10)3-8(7)12-4;1-5-10-7-3-2-6(9)4-8(7)11-5;1-5-10-7-4-6(9)2-3-8(7)11-5/h2-7H,1H3;2-6H,1H3;2-4H,1H3;2-3,5-6H,4H2,1H3;2-5H,1H3;2-3H,1H3;2-4H,1H3,(H,10,11);2-4H,1H3. The largest absolute Gasteiger partial charge is 0.490 e. The van der Waals surface area contributed by atoms with E-state index in [1.807, 2.05) is 175 Å². The maximum atomic E-state index is 12.9. The second kappa shape index (κ2) is 31.7. The summed E-state index contributed by atoms with van der Waals surface area (Å²) >= 11 is 49.2. The predicted octanol–water partition coefficient (Wildman–Crippen LogP) is 25.8. The number of ether oxygens (including phenoxy) is 1. The van der Waals surface area contributed by atoms with Crippen LogP contribution in [-0.4, -0.2) is 31.0 Å². The molecular weight excluding hydrogens is 1370 g/mol. The summed E-state index contributed by atoms with van der Waals surface area (Å²) in [5, 5.41) is 12.3. The second-order valence-electron chi connectivity index (χ2n) is 21.2. The van der Waals surface area contributed by atoms with Crippen molar-refractivity contribution in [3.63, 3.8) is 0 Å². The van der Waals surface area contributed by atoms with Crippen LogP contribution in [0, 0.1) is 60.1 Å². The second-order valence-corrected chi connectivity index (χ2v) is 27.1. The monoisotopic (exact) mass is 1420 g/mol. The Bertz CT molecular complexity index is 4550. The molecule has 0 bridgehead atoms. The summed E-state index contributed by atoms with van der Waals surface area (Å²) in [5.41, 5.74) is 9.70. The molecule has 9 aromatic carbocycles. The lowest BCUT2D eigenvalue weighted by molar-refractivity contribution is 0.254. The number of pyridine rings is 1. The molecule has 1 unspecified atom stereocenters. The van der Waals surface area contributed by atoms with Crippen LogP contribution in [-0.2, 0) is 6.42 Å². The van der Waals surface area contributed by atoms with E-state index in [1.54, 1.807) is 23.5 Å². The Morgan fingerprint density at radius 1 is 0.424 bits per heavy atom. The minimum absolute atomic E-state index is 0.128. The van der Waals surface area contributed by atoms with Gasteiger partial charge in [0.05, 0.1) is 57.0 Å². The van der Waals surface area contributed by atoms with Crippen LogP contribution in [0.4, 0.5) is 8.78 Å². The number of benzene rings is 9. The number of aromatic nitrogens is 5. The highest BCUT2D eigenvalue weighted by Crippen LogP contribution is 2.32. The zero-order valence-corrected chi connectivity index (χ0v) is 58.3. The van der Waals surface area contributed by atoms with Crippen molar-refractivity contribution in [2.75, 3.05) is 0 Å². The van der Waals surface area contributed by atoms with Crippen molar-refractivity contribution in [3.8, 4) is 5.75 Å². The molecule has 6 aromatic heterocycles. The molecule has 1 N–H and O–H groups in total. The Hall–Kier alpha value is -7.04. The van der Waals surface area contributed by atoms with Crippen molar-refractivity contribution in [2.45, 2.75) is 67.9 Å². The first-order valence-electron chi connectivity index (χ1n) is 28.4. The molecule has 15 aromatic rings. The molecule has 0 aliphatic carbocycles. The topological polar surface area (TPSA) is 103 Å². The highest BCUT2D eigenvalue weighted by atomic mass is 35.5. The third-order valence-electron chi connectivity index (χ3n) is 13.4. The van der Waals surface area contributed by atoms with Crippen LogP contribution < -0.4 is 4.74 Å². The minimum atomic E-state index is -0.446. The summed E-state index contributed by atoms with van der Waals surface area (Å²) in [6, 6.07) is 54.4. The average Bonchev–Trinajstić information content (AvgIpc) is 2.17. The normalized spacial score (nSPS) is 12.0. The number of thiazole rings is 2. The highest BCUT2D eigenvalue weighted by Gasteiger charge is 2.18. The van der Waals surface area contributed by atoms with Crippen LogP contribution in [0.3, 0.4) is 0 Å². The average molecular weight is 1430 g/mol. The number of furan rings is 2. The molecule has 470 valence electrons. The number of rotatable bonds is 0.